The number of morpholine rings is 1. The summed E-state index contributed by atoms with van der Waals surface area (Å²) in [5, 5.41) is 53.4. The highest BCUT2D eigenvalue weighted by Crippen LogP contribution is 2.28. The lowest BCUT2D eigenvalue weighted by atomic mass is 9.99. The van der Waals surface area contributed by atoms with Gasteiger partial charge in [-0.1, -0.05) is 0 Å². The number of ether oxygens (including phenoxy) is 3. The molecule has 1 aromatic rings. The van der Waals surface area contributed by atoms with Crippen LogP contribution < -0.4 is 10.1 Å². The van der Waals surface area contributed by atoms with Crippen molar-refractivity contribution in [1.82, 2.24) is 10.2 Å². The Morgan fingerprint density at radius 2 is 1.94 bits per heavy atom. The Kier molecular flexibility index (Phi) is 8.31. The number of carbonyl (C=O) groups is 1. The van der Waals surface area contributed by atoms with E-state index >= 15 is 0 Å². The van der Waals surface area contributed by atoms with Crippen LogP contribution in [0, 0.1) is 10.1 Å². The van der Waals surface area contributed by atoms with Crippen LogP contribution in [0.4, 0.5) is 5.69 Å². The van der Waals surface area contributed by atoms with Crippen LogP contribution in [0.5, 0.6) is 5.75 Å². The van der Waals surface area contributed by atoms with Crippen molar-refractivity contribution in [3.63, 3.8) is 0 Å². The summed E-state index contributed by atoms with van der Waals surface area (Å²) in [6, 6.07) is 3.33. The predicted molar refractivity (Wildman–Crippen MR) is 107 cm³/mol. The van der Waals surface area contributed by atoms with Crippen LogP contribution in [-0.4, -0.2) is 113 Å². The second kappa shape index (κ2) is 11.0. The van der Waals surface area contributed by atoms with Crippen molar-refractivity contribution >= 4 is 11.6 Å². The van der Waals surface area contributed by atoms with Crippen LogP contribution in [0.2, 0.25) is 0 Å². The fraction of sp³-hybridized carbons (Fsp3) is 0.632. The standard InChI is InChI=1S/C19H27N3O10/c23-10-14-15(24)16(25)17(19(27)32-14)31-13-8-11(7-12(9-13)22(28)29)18(26)20-1-2-21-3-5-30-6-4-21/h7-9,14-17,19,23-25,27H,1-6,10H2,(H,20,26)/t14-,15+,16+,17-,19?/m1/s1. The highest BCUT2D eigenvalue weighted by molar-refractivity contribution is 5.95. The highest BCUT2D eigenvalue weighted by atomic mass is 16.7. The van der Waals surface area contributed by atoms with Gasteiger partial charge in [0.1, 0.15) is 24.1 Å². The molecule has 1 amide bonds. The number of nitrogens with one attached hydrogen (secondary N) is 1. The first kappa shape index (κ1) is 24.3. The lowest BCUT2D eigenvalue weighted by Gasteiger charge is -2.39. The Hall–Kier alpha value is -2.39. The van der Waals surface area contributed by atoms with Crippen molar-refractivity contribution in [2.45, 2.75) is 30.7 Å². The number of carbonyl (C=O) groups excluding carboxylic acids is 1. The van der Waals surface area contributed by atoms with Crippen LogP contribution in [-0.2, 0) is 9.47 Å². The number of hydrogen-bond acceptors (Lipinski definition) is 11. The fourth-order valence-electron chi connectivity index (χ4n) is 3.50. The summed E-state index contributed by atoms with van der Waals surface area (Å²) in [7, 11) is 0. The van der Waals surface area contributed by atoms with Gasteiger partial charge in [0, 0.05) is 37.8 Å². The number of nitro benzene ring substituents is 1. The maximum atomic E-state index is 12.5. The average Bonchev–Trinajstić information content (AvgIpc) is 2.79. The second-order valence-corrected chi connectivity index (χ2v) is 7.49. The second-order valence-electron chi connectivity index (χ2n) is 7.49. The normalized spacial score (nSPS) is 28.8. The van der Waals surface area contributed by atoms with Crippen molar-refractivity contribution in [3.8, 4) is 5.75 Å². The molecule has 2 aliphatic heterocycles. The van der Waals surface area contributed by atoms with E-state index in [0.29, 0.717) is 26.3 Å². The molecule has 0 saturated carbocycles. The molecule has 13 nitrogen and oxygen atoms in total. The van der Waals surface area contributed by atoms with E-state index in [4.69, 9.17) is 19.3 Å². The first-order chi connectivity index (χ1) is 15.3. The van der Waals surface area contributed by atoms with Crippen LogP contribution in [0.15, 0.2) is 18.2 Å². The van der Waals surface area contributed by atoms with Crippen LogP contribution in [0.3, 0.4) is 0 Å². The van der Waals surface area contributed by atoms with Gasteiger partial charge in [-0.05, 0) is 6.07 Å². The number of amides is 1. The summed E-state index contributed by atoms with van der Waals surface area (Å²) in [5.41, 5.74) is -0.485. The summed E-state index contributed by atoms with van der Waals surface area (Å²) in [6.07, 6.45) is -7.67. The zero-order valence-electron chi connectivity index (χ0n) is 17.2. The Labute approximate surface area is 183 Å². The number of nitro groups is 1. The quantitative estimate of drug-likeness (QED) is 0.211. The monoisotopic (exact) mass is 457 g/mol. The van der Waals surface area contributed by atoms with Gasteiger partial charge in [-0.3, -0.25) is 19.8 Å². The molecular formula is C19H27N3O10. The minimum atomic E-state index is -1.73. The highest BCUT2D eigenvalue weighted by Gasteiger charge is 2.45. The van der Waals surface area contributed by atoms with E-state index in [1.807, 2.05) is 0 Å². The van der Waals surface area contributed by atoms with Gasteiger partial charge in [-0.2, -0.15) is 0 Å². The molecule has 178 valence electrons. The molecule has 0 aliphatic carbocycles. The number of nitrogens with zero attached hydrogens (tertiary/aromatic N) is 2. The largest absolute Gasteiger partial charge is 0.482 e. The first-order valence-electron chi connectivity index (χ1n) is 10.1. The van der Waals surface area contributed by atoms with E-state index in [-0.39, 0.29) is 11.3 Å². The molecule has 2 saturated heterocycles. The topological polar surface area (TPSA) is 184 Å². The van der Waals surface area contributed by atoms with Crippen molar-refractivity contribution in [1.29, 1.82) is 0 Å². The van der Waals surface area contributed by atoms with E-state index in [1.54, 1.807) is 0 Å². The number of aliphatic hydroxyl groups excluding tert-OH is 4. The maximum Gasteiger partial charge on any atom is 0.273 e. The summed E-state index contributed by atoms with van der Waals surface area (Å²) in [6.45, 7) is 3.01. The first-order valence-corrected chi connectivity index (χ1v) is 10.1. The Morgan fingerprint density at radius 1 is 1.22 bits per heavy atom. The van der Waals surface area contributed by atoms with Gasteiger partial charge in [0.25, 0.3) is 11.6 Å². The van der Waals surface area contributed by atoms with E-state index < -0.39 is 53.8 Å². The number of rotatable bonds is 8. The van der Waals surface area contributed by atoms with Gasteiger partial charge in [0.05, 0.1) is 30.8 Å². The minimum absolute atomic E-state index is 0.0503. The summed E-state index contributed by atoms with van der Waals surface area (Å²) in [5.74, 6) is -0.743. The van der Waals surface area contributed by atoms with Crippen molar-refractivity contribution < 1.29 is 44.4 Å². The third-order valence-corrected chi connectivity index (χ3v) is 5.30. The third kappa shape index (κ3) is 5.89. The predicted octanol–water partition coefficient (Wildman–Crippen LogP) is -2.16. The van der Waals surface area contributed by atoms with Crippen LogP contribution in [0.1, 0.15) is 10.4 Å². The van der Waals surface area contributed by atoms with Crippen molar-refractivity contribution in [3.05, 3.63) is 33.9 Å². The van der Waals surface area contributed by atoms with Crippen LogP contribution in [0.25, 0.3) is 0 Å². The molecule has 5 atom stereocenters. The molecule has 0 aromatic heterocycles. The molecule has 0 spiro atoms. The van der Waals surface area contributed by atoms with Gasteiger partial charge in [-0.25, -0.2) is 0 Å². The molecule has 13 heteroatoms. The maximum absolute atomic E-state index is 12.5. The van der Waals surface area contributed by atoms with Gasteiger partial charge in [0.15, 0.2) is 12.4 Å². The molecule has 5 N–H and O–H groups in total. The smallest absolute Gasteiger partial charge is 0.273 e. The molecular weight excluding hydrogens is 430 g/mol. The molecule has 2 aliphatic rings. The van der Waals surface area contributed by atoms with Crippen molar-refractivity contribution in [2.24, 2.45) is 0 Å². The number of benzene rings is 1. The van der Waals surface area contributed by atoms with Gasteiger partial charge >= 0.3 is 0 Å². The number of aliphatic hydroxyl groups is 4. The molecule has 1 aromatic carbocycles. The Morgan fingerprint density at radius 3 is 2.59 bits per heavy atom. The molecule has 1 unspecified atom stereocenters. The third-order valence-electron chi connectivity index (χ3n) is 5.30. The molecule has 32 heavy (non-hydrogen) atoms. The lowest BCUT2D eigenvalue weighted by molar-refractivity contribution is -0.385. The SMILES string of the molecule is O=C(NCCN1CCOCC1)c1cc(O[C@H]2C(O)O[C@H](CO)[C@H](O)[C@@H]2O)cc([N+](=O)[O-])c1. The van der Waals surface area contributed by atoms with Crippen molar-refractivity contribution in [2.75, 3.05) is 46.0 Å². The zero-order valence-corrected chi connectivity index (χ0v) is 17.2. The molecule has 0 bridgehead atoms. The summed E-state index contributed by atoms with van der Waals surface area (Å²) < 4.78 is 15.7. The molecule has 2 fully saturated rings. The van der Waals surface area contributed by atoms with Gasteiger partial charge in [-0.15, -0.1) is 0 Å². The summed E-state index contributed by atoms with van der Waals surface area (Å²) in [4.78, 5) is 25.3. The van der Waals surface area contributed by atoms with E-state index in [9.17, 15) is 30.2 Å². The fourth-order valence-corrected chi connectivity index (χ4v) is 3.50. The lowest BCUT2D eigenvalue weighted by Crippen LogP contribution is -2.60. The summed E-state index contributed by atoms with van der Waals surface area (Å²) >= 11 is 0. The van der Waals surface area contributed by atoms with Gasteiger partial charge < -0.3 is 40.0 Å². The molecule has 0 radical (unpaired) electrons. The zero-order chi connectivity index (χ0) is 23.3. The van der Waals surface area contributed by atoms with E-state index in [0.717, 1.165) is 25.2 Å². The molecule has 3 rings (SSSR count). The average molecular weight is 457 g/mol. The Bertz CT molecular complexity index is 804. The van der Waals surface area contributed by atoms with E-state index in [2.05, 4.69) is 10.2 Å². The van der Waals surface area contributed by atoms with E-state index in [1.165, 1.54) is 6.07 Å². The Balaban J connectivity index is 1.70. The van der Waals surface area contributed by atoms with Gasteiger partial charge in [0.2, 0.25) is 0 Å². The minimum Gasteiger partial charge on any atom is -0.482 e. The number of hydrogen-bond donors (Lipinski definition) is 5. The van der Waals surface area contributed by atoms with Crippen LogP contribution >= 0.6 is 0 Å². The molecule has 2 heterocycles. The number of non-ortho nitro benzene ring substituents is 1.